The summed E-state index contributed by atoms with van der Waals surface area (Å²) in [5, 5.41) is 13.1. The topological polar surface area (TPSA) is 83.4 Å². The van der Waals surface area contributed by atoms with Crippen molar-refractivity contribution < 1.29 is 9.84 Å². The van der Waals surface area contributed by atoms with E-state index >= 15 is 0 Å². The Morgan fingerprint density at radius 2 is 1.93 bits per heavy atom. The summed E-state index contributed by atoms with van der Waals surface area (Å²) in [5.74, 6) is 1.58. The van der Waals surface area contributed by atoms with Gasteiger partial charge in [0.05, 0.1) is 31.1 Å². The van der Waals surface area contributed by atoms with Crippen molar-refractivity contribution in [3.05, 3.63) is 60.4 Å². The number of aromatic hydroxyl groups is 1. The number of hydrogen-bond acceptors (Lipinski definition) is 7. The molecular weight excluding hydrogens is 342 g/mol. The predicted octanol–water partition coefficient (Wildman–Crippen LogP) is 2.69. The quantitative estimate of drug-likeness (QED) is 0.721. The largest absolute Gasteiger partial charge is 0.508 e. The second kappa shape index (κ2) is 8.01. The average molecular weight is 363 g/mol. The van der Waals surface area contributed by atoms with Crippen LogP contribution >= 0.6 is 0 Å². The second-order valence-corrected chi connectivity index (χ2v) is 6.26. The summed E-state index contributed by atoms with van der Waals surface area (Å²) in [5.41, 5.74) is 2.51. The highest BCUT2D eigenvalue weighted by atomic mass is 16.5. The van der Waals surface area contributed by atoms with Gasteiger partial charge in [-0.2, -0.15) is 4.98 Å². The lowest BCUT2D eigenvalue weighted by Crippen LogP contribution is -2.36. The van der Waals surface area contributed by atoms with Gasteiger partial charge in [-0.1, -0.05) is 18.2 Å². The number of anilines is 2. The Labute approximate surface area is 157 Å². The summed E-state index contributed by atoms with van der Waals surface area (Å²) in [6.45, 7) is 3.48. The normalized spacial score (nSPS) is 14.1. The minimum atomic E-state index is 0.210. The molecule has 0 radical (unpaired) electrons. The van der Waals surface area contributed by atoms with Crippen LogP contribution in [0.3, 0.4) is 0 Å². The maximum absolute atomic E-state index is 9.82. The third-order valence-electron chi connectivity index (χ3n) is 4.34. The van der Waals surface area contributed by atoms with Crippen LogP contribution in [-0.4, -0.2) is 46.4 Å². The van der Waals surface area contributed by atoms with Crippen molar-refractivity contribution in [1.29, 1.82) is 0 Å². The van der Waals surface area contributed by atoms with Gasteiger partial charge in [-0.3, -0.25) is 4.98 Å². The molecule has 2 aromatic heterocycles. The van der Waals surface area contributed by atoms with Gasteiger partial charge in [0.1, 0.15) is 11.6 Å². The first-order chi connectivity index (χ1) is 13.3. The lowest BCUT2D eigenvalue weighted by atomic mass is 10.1. The Morgan fingerprint density at radius 1 is 1.04 bits per heavy atom. The third-order valence-corrected chi connectivity index (χ3v) is 4.34. The number of rotatable bonds is 5. The van der Waals surface area contributed by atoms with Crippen molar-refractivity contribution in [3.63, 3.8) is 0 Å². The number of pyridine rings is 1. The Balaban J connectivity index is 1.65. The molecule has 0 spiro atoms. The van der Waals surface area contributed by atoms with Crippen LogP contribution in [0, 0.1) is 0 Å². The maximum atomic E-state index is 9.82. The highest BCUT2D eigenvalue weighted by Gasteiger charge is 2.16. The predicted molar refractivity (Wildman–Crippen MR) is 104 cm³/mol. The van der Waals surface area contributed by atoms with E-state index in [9.17, 15) is 5.11 Å². The van der Waals surface area contributed by atoms with Gasteiger partial charge in [-0.05, 0) is 24.3 Å². The summed E-state index contributed by atoms with van der Waals surface area (Å²) in [6, 6.07) is 14.8. The van der Waals surface area contributed by atoms with Gasteiger partial charge < -0.3 is 20.1 Å². The first-order valence-electron chi connectivity index (χ1n) is 8.93. The van der Waals surface area contributed by atoms with Gasteiger partial charge in [0.25, 0.3) is 0 Å². The van der Waals surface area contributed by atoms with Gasteiger partial charge in [-0.25, -0.2) is 4.98 Å². The Bertz CT molecular complexity index is 898. The van der Waals surface area contributed by atoms with E-state index in [0.717, 1.165) is 35.9 Å². The summed E-state index contributed by atoms with van der Waals surface area (Å²) in [6.07, 6.45) is 1.76. The molecule has 0 unspecified atom stereocenters. The van der Waals surface area contributed by atoms with E-state index in [1.807, 2.05) is 36.4 Å². The van der Waals surface area contributed by atoms with Crippen molar-refractivity contribution in [2.45, 2.75) is 6.54 Å². The summed E-state index contributed by atoms with van der Waals surface area (Å²) < 4.78 is 5.45. The zero-order valence-corrected chi connectivity index (χ0v) is 14.9. The lowest BCUT2D eigenvalue weighted by molar-refractivity contribution is 0.122. The molecule has 138 valence electrons. The second-order valence-electron chi connectivity index (χ2n) is 6.26. The number of phenolic OH excluding ortho intramolecular Hbond substituents is 1. The molecule has 1 aliphatic heterocycles. The molecule has 4 rings (SSSR count). The van der Waals surface area contributed by atoms with Crippen molar-refractivity contribution in [2.75, 3.05) is 36.5 Å². The van der Waals surface area contributed by atoms with Crippen molar-refractivity contribution in [1.82, 2.24) is 15.0 Å². The lowest BCUT2D eigenvalue weighted by Gasteiger charge is -2.28. The number of nitrogens with zero attached hydrogens (tertiary/aromatic N) is 4. The van der Waals surface area contributed by atoms with Crippen LogP contribution in [0.25, 0.3) is 11.3 Å². The molecule has 1 aromatic carbocycles. The molecular formula is C20H21N5O2. The molecule has 3 aromatic rings. The van der Waals surface area contributed by atoms with Crippen LogP contribution in [0.5, 0.6) is 5.75 Å². The fourth-order valence-corrected chi connectivity index (χ4v) is 2.95. The van der Waals surface area contributed by atoms with Crippen LogP contribution < -0.4 is 10.2 Å². The standard InChI is InChI=1S/C20H21N5O2/c26-17-6-3-4-15(12-17)18-13-19(25-8-10-27-11-9-25)24-20(23-18)22-14-16-5-1-2-7-21-16/h1-7,12-13,26H,8-11,14H2,(H,22,23,24). The van der Waals surface area contributed by atoms with Gasteiger partial charge in [-0.15, -0.1) is 0 Å². The molecule has 0 saturated carbocycles. The Morgan fingerprint density at radius 3 is 2.70 bits per heavy atom. The van der Waals surface area contributed by atoms with Crippen LogP contribution in [0.15, 0.2) is 54.7 Å². The van der Waals surface area contributed by atoms with Crippen LogP contribution in [0.2, 0.25) is 0 Å². The summed E-state index contributed by atoms with van der Waals surface area (Å²) >= 11 is 0. The van der Waals surface area contributed by atoms with E-state index in [1.165, 1.54) is 0 Å². The summed E-state index contributed by atoms with van der Waals surface area (Å²) in [4.78, 5) is 15.8. The van der Waals surface area contributed by atoms with Crippen molar-refractivity contribution in [2.24, 2.45) is 0 Å². The minimum Gasteiger partial charge on any atom is -0.508 e. The fraction of sp³-hybridized carbons (Fsp3) is 0.250. The van der Waals surface area contributed by atoms with Gasteiger partial charge in [0.2, 0.25) is 5.95 Å². The number of morpholine rings is 1. The number of nitrogens with one attached hydrogen (secondary N) is 1. The molecule has 1 fully saturated rings. The summed E-state index contributed by atoms with van der Waals surface area (Å²) in [7, 11) is 0. The zero-order chi connectivity index (χ0) is 18.5. The molecule has 0 atom stereocenters. The number of hydrogen-bond donors (Lipinski definition) is 2. The molecule has 7 nitrogen and oxygen atoms in total. The molecule has 0 aliphatic carbocycles. The van der Waals surface area contributed by atoms with Gasteiger partial charge >= 0.3 is 0 Å². The number of aromatic nitrogens is 3. The van der Waals surface area contributed by atoms with E-state index in [2.05, 4.69) is 25.2 Å². The van der Waals surface area contributed by atoms with Crippen LogP contribution in [-0.2, 0) is 11.3 Å². The van der Waals surface area contributed by atoms with Crippen molar-refractivity contribution >= 4 is 11.8 Å². The first-order valence-corrected chi connectivity index (χ1v) is 8.93. The highest BCUT2D eigenvalue weighted by Crippen LogP contribution is 2.26. The molecule has 1 saturated heterocycles. The third kappa shape index (κ3) is 4.32. The van der Waals surface area contributed by atoms with Gasteiger partial charge in [0.15, 0.2) is 0 Å². The minimum absolute atomic E-state index is 0.210. The molecule has 1 aliphatic rings. The van der Waals surface area contributed by atoms with E-state index < -0.39 is 0 Å². The fourth-order valence-electron chi connectivity index (χ4n) is 2.95. The molecule has 3 heterocycles. The average Bonchev–Trinajstić information content (AvgIpc) is 2.73. The van der Waals surface area contributed by atoms with E-state index in [0.29, 0.717) is 25.7 Å². The number of phenols is 1. The smallest absolute Gasteiger partial charge is 0.225 e. The van der Waals surface area contributed by atoms with Crippen LogP contribution in [0.4, 0.5) is 11.8 Å². The molecule has 2 N–H and O–H groups in total. The van der Waals surface area contributed by atoms with E-state index in [1.54, 1.807) is 18.3 Å². The first kappa shape index (κ1) is 17.2. The molecule has 0 bridgehead atoms. The highest BCUT2D eigenvalue weighted by molar-refractivity contribution is 5.66. The zero-order valence-electron chi connectivity index (χ0n) is 14.9. The Kier molecular flexibility index (Phi) is 5.11. The molecule has 27 heavy (non-hydrogen) atoms. The van der Waals surface area contributed by atoms with Crippen LogP contribution in [0.1, 0.15) is 5.69 Å². The SMILES string of the molecule is Oc1cccc(-c2cc(N3CCOCC3)nc(NCc3ccccn3)n2)c1. The maximum Gasteiger partial charge on any atom is 0.225 e. The number of ether oxygens (including phenoxy) is 1. The van der Waals surface area contributed by atoms with Crippen molar-refractivity contribution in [3.8, 4) is 17.0 Å². The van der Waals surface area contributed by atoms with E-state index in [4.69, 9.17) is 4.74 Å². The molecule has 7 heteroatoms. The molecule has 0 amide bonds. The monoisotopic (exact) mass is 363 g/mol. The number of benzene rings is 1. The Hall–Kier alpha value is -3.19. The van der Waals surface area contributed by atoms with Gasteiger partial charge in [0, 0.05) is 30.9 Å². The van der Waals surface area contributed by atoms with E-state index in [-0.39, 0.29) is 5.75 Å².